The summed E-state index contributed by atoms with van der Waals surface area (Å²) < 4.78 is 50.1. The Morgan fingerprint density at radius 3 is 2.21 bits per heavy atom. The van der Waals surface area contributed by atoms with Gasteiger partial charge in [0.1, 0.15) is 0 Å². The van der Waals surface area contributed by atoms with Gasteiger partial charge in [-0.3, -0.25) is 0 Å². The fourth-order valence-electron chi connectivity index (χ4n) is 1.13. The summed E-state index contributed by atoms with van der Waals surface area (Å²) in [6.45, 7) is 1.51. The fraction of sp³-hybridized carbons (Fsp3) is 0.333. The van der Waals surface area contributed by atoms with E-state index in [1.54, 1.807) is 0 Å². The van der Waals surface area contributed by atoms with Crippen LogP contribution in [0.15, 0.2) is 18.2 Å². The van der Waals surface area contributed by atoms with Crippen LogP contribution in [0.1, 0.15) is 23.1 Å². The predicted octanol–water partition coefficient (Wildman–Crippen LogP) is 3.86. The highest BCUT2D eigenvalue weighted by Gasteiger charge is 2.26. The van der Waals surface area contributed by atoms with Crippen molar-refractivity contribution in [1.82, 2.24) is 0 Å². The third-order valence-electron chi connectivity index (χ3n) is 1.74. The molecule has 0 fully saturated rings. The molecule has 0 heterocycles. The maximum atomic E-state index is 12.8. The van der Waals surface area contributed by atoms with Crippen molar-refractivity contribution in [1.29, 1.82) is 0 Å². The Bertz CT molecular complexity index is 330. The molecule has 0 N–H and O–H groups in total. The molecular formula is C9H9F4P. The lowest BCUT2D eigenvalue weighted by Gasteiger charge is -2.13. The lowest BCUT2D eigenvalue weighted by atomic mass is 10.1. The van der Waals surface area contributed by atoms with E-state index in [0.29, 0.717) is 5.56 Å². The molecule has 1 aromatic carbocycles. The van der Waals surface area contributed by atoms with Crippen molar-refractivity contribution in [3.8, 4) is 0 Å². The molecule has 1 atom stereocenters. The molecule has 1 rings (SSSR count). The zero-order valence-electron chi connectivity index (χ0n) is 7.40. The van der Waals surface area contributed by atoms with Gasteiger partial charge in [0.15, 0.2) is 0 Å². The molecule has 0 aromatic heterocycles. The topological polar surface area (TPSA) is 0 Å². The fourth-order valence-corrected chi connectivity index (χ4v) is 1.30. The molecule has 0 amide bonds. The minimum atomic E-state index is -3.16. The lowest BCUT2D eigenvalue weighted by Crippen LogP contribution is -2.04. The van der Waals surface area contributed by atoms with Crippen molar-refractivity contribution in [3.05, 3.63) is 34.9 Å². The maximum Gasteiger partial charge on any atom is 0.283 e. The summed E-state index contributed by atoms with van der Waals surface area (Å²) >= 11 is 0. The zero-order chi connectivity index (χ0) is 10.9. The molecule has 5 heteroatoms. The van der Waals surface area contributed by atoms with Crippen molar-refractivity contribution in [2.24, 2.45) is 0 Å². The first-order chi connectivity index (χ1) is 6.30. The van der Waals surface area contributed by atoms with Crippen LogP contribution in [0, 0.1) is 6.92 Å². The van der Waals surface area contributed by atoms with Crippen LogP contribution in [0.5, 0.6) is 0 Å². The number of rotatable bonds is 2. The third kappa shape index (κ3) is 2.68. The number of hydrogen-bond acceptors (Lipinski definition) is 0. The average Bonchev–Trinajstić information content (AvgIpc) is 2.01. The lowest BCUT2D eigenvalue weighted by molar-refractivity contribution is 0.103. The van der Waals surface area contributed by atoms with Gasteiger partial charge in [0.25, 0.3) is 12.1 Å². The Hall–Kier alpha value is -0.630. The zero-order valence-corrected chi connectivity index (χ0v) is 8.55. The molecule has 1 aromatic rings. The normalized spacial score (nSPS) is 12.2. The highest BCUT2D eigenvalue weighted by molar-refractivity contribution is 7.17. The van der Waals surface area contributed by atoms with Crippen LogP contribution in [-0.2, 0) is 5.66 Å². The quantitative estimate of drug-likeness (QED) is 0.528. The first-order valence-electron chi connectivity index (χ1n) is 3.87. The van der Waals surface area contributed by atoms with Gasteiger partial charge in [-0.15, -0.1) is 0 Å². The van der Waals surface area contributed by atoms with Gasteiger partial charge >= 0.3 is 0 Å². The van der Waals surface area contributed by atoms with Crippen molar-refractivity contribution in [3.63, 3.8) is 0 Å². The molecule has 0 nitrogen and oxygen atoms in total. The van der Waals surface area contributed by atoms with E-state index in [0.717, 1.165) is 6.07 Å². The molecule has 0 aliphatic rings. The van der Waals surface area contributed by atoms with E-state index < -0.39 is 17.7 Å². The first-order valence-corrected chi connectivity index (χ1v) is 4.45. The molecule has 78 valence electrons. The minimum absolute atomic E-state index is 0.373. The number of alkyl halides is 4. The van der Waals surface area contributed by atoms with Gasteiger partial charge in [-0.1, -0.05) is 20.9 Å². The predicted molar refractivity (Wildman–Crippen MR) is 49.7 cm³/mol. The van der Waals surface area contributed by atoms with Gasteiger partial charge in [-0.05, 0) is 19.1 Å². The van der Waals surface area contributed by atoms with Crippen LogP contribution >= 0.6 is 9.24 Å². The van der Waals surface area contributed by atoms with E-state index >= 15 is 0 Å². The number of aryl methyl sites for hydroxylation is 1. The van der Waals surface area contributed by atoms with Gasteiger partial charge in [0.2, 0.25) is 0 Å². The average molecular weight is 224 g/mol. The Labute approximate surface area is 81.5 Å². The number of halogens is 4. The summed E-state index contributed by atoms with van der Waals surface area (Å²) in [5.74, 6) is 0. The van der Waals surface area contributed by atoms with Gasteiger partial charge in [-0.2, -0.15) is 8.78 Å². The molecule has 0 saturated heterocycles. The largest absolute Gasteiger partial charge is 0.283 e. The Kier molecular flexibility index (Phi) is 3.15. The molecule has 0 saturated carbocycles. The van der Waals surface area contributed by atoms with Crippen LogP contribution in [-0.4, -0.2) is 0 Å². The van der Waals surface area contributed by atoms with E-state index in [2.05, 4.69) is 0 Å². The summed E-state index contributed by atoms with van der Waals surface area (Å²) in [4.78, 5) is 0. The number of benzene rings is 1. The van der Waals surface area contributed by atoms with E-state index in [1.165, 1.54) is 28.3 Å². The van der Waals surface area contributed by atoms with Gasteiger partial charge in [-0.25, -0.2) is 8.78 Å². The monoisotopic (exact) mass is 224 g/mol. The van der Waals surface area contributed by atoms with E-state index in [1.807, 2.05) is 0 Å². The molecule has 0 bridgehead atoms. The first kappa shape index (κ1) is 11.4. The third-order valence-corrected chi connectivity index (χ3v) is 2.07. The van der Waals surface area contributed by atoms with E-state index in [-0.39, 0.29) is 5.56 Å². The molecule has 0 aliphatic carbocycles. The van der Waals surface area contributed by atoms with Crippen molar-refractivity contribution in [2.45, 2.75) is 19.0 Å². The van der Waals surface area contributed by atoms with Crippen LogP contribution in [0.4, 0.5) is 17.6 Å². The SMILES string of the molecule is Cc1cc(C(F)F)cc(C(F)(F)P)c1. The smallest absolute Gasteiger partial charge is 0.205 e. The molecule has 0 radical (unpaired) electrons. The highest BCUT2D eigenvalue weighted by Crippen LogP contribution is 2.36. The summed E-state index contributed by atoms with van der Waals surface area (Å²) in [6, 6.07) is 3.22. The second kappa shape index (κ2) is 3.85. The highest BCUT2D eigenvalue weighted by atomic mass is 31.0. The Balaban J connectivity index is 3.21. The molecular weight excluding hydrogens is 215 g/mol. The summed E-state index contributed by atoms with van der Waals surface area (Å²) in [6.07, 6.45) is -2.72. The standard InChI is InChI=1S/C9H9F4P/c1-5-2-6(8(10)11)4-7(3-5)9(12,13)14/h2-4,8H,14H2,1H3. The summed E-state index contributed by atoms with van der Waals surface area (Å²) in [7, 11) is 1.33. The Morgan fingerprint density at radius 2 is 1.79 bits per heavy atom. The Morgan fingerprint density at radius 1 is 1.21 bits per heavy atom. The van der Waals surface area contributed by atoms with Crippen LogP contribution < -0.4 is 0 Å². The van der Waals surface area contributed by atoms with Crippen molar-refractivity contribution in [2.75, 3.05) is 0 Å². The molecule has 0 aliphatic heterocycles. The van der Waals surface area contributed by atoms with Crippen LogP contribution in [0.25, 0.3) is 0 Å². The minimum Gasteiger partial charge on any atom is -0.205 e. The maximum absolute atomic E-state index is 12.8. The second-order valence-electron chi connectivity index (χ2n) is 3.06. The second-order valence-corrected chi connectivity index (χ2v) is 3.78. The van der Waals surface area contributed by atoms with E-state index in [4.69, 9.17) is 0 Å². The molecule has 14 heavy (non-hydrogen) atoms. The molecule has 1 unspecified atom stereocenters. The van der Waals surface area contributed by atoms with Gasteiger partial charge in [0, 0.05) is 11.1 Å². The van der Waals surface area contributed by atoms with Gasteiger partial charge < -0.3 is 0 Å². The number of hydrogen-bond donors (Lipinski definition) is 0. The summed E-state index contributed by atoms with van der Waals surface area (Å²) in [5, 5.41) is 0. The van der Waals surface area contributed by atoms with Crippen molar-refractivity contribution >= 4 is 9.24 Å². The van der Waals surface area contributed by atoms with E-state index in [9.17, 15) is 17.6 Å². The van der Waals surface area contributed by atoms with Crippen LogP contribution in [0.3, 0.4) is 0 Å². The van der Waals surface area contributed by atoms with Gasteiger partial charge in [0.05, 0.1) is 0 Å². The van der Waals surface area contributed by atoms with Crippen molar-refractivity contribution < 1.29 is 17.6 Å². The summed E-state index contributed by atoms with van der Waals surface area (Å²) in [5.41, 5.74) is -3.53. The molecule has 0 spiro atoms. The van der Waals surface area contributed by atoms with Crippen LogP contribution in [0.2, 0.25) is 0 Å².